The summed E-state index contributed by atoms with van der Waals surface area (Å²) in [5, 5.41) is 0.771. The minimum Gasteiger partial charge on any atom is -0.444 e. The lowest BCUT2D eigenvalue weighted by atomic mass is 9.93. The van der Waals surface area contributed by atoms with Crippen LogP contribution in [0.25, 0.3) is 10.9 Å². The molecule has 1 amide bonds. The highest BCUT2D eigenvalue weighted by molar-refractivity contribution is 7.91. The zero-order valence-electron chi connectivity index (χ0n) is 18.9. The molecule has 0 saturated carbocycles. The van der Waals surface area contributed by atoms with Crippen LogP contribution < -0.4 is 4.90 Å². The molecule has 2 atom stereocenters. The standard InChI is InChI=1S/C25H27N3O4S/c1-25(2,3)32-24(29)28-15-18-14-27(16-22(18)28)21-11-7-8-17-12-20(13-26-23(17)21)33(30,31)19-9-5-4-6-10-19/h4-13,18,22H,14-16H2,1-3H3/t18-,22-/m1/s1. The van der Waals surface area contributed by atoms with E-state index in [9.17, 15) is 13.2 Å². The van der Waals surface area contributed by atoms with Crippen LogP contribution in [0.1, 0.15) is 20.8 Å². The number of ether oxygens (including phenoxy) is 1. The molecule has 2 aliphatic heterocycles. The van der Waals surface area contributed by atoms with Crippen LogP contribution in [0.15, 0.2) is 70.6 Å². The smallest absolute Gasteiger partial charge is 0.410 e. The van der Waals surface area contributed by atoms with E-state index in [1.165, 1.54) is 6.20 Å². The number of carbonyl (C=O) groups is 1. The van der Waals surface area contributed by atoms with E-state index in [4.69, 9.17) is 4.74 Å². The second kappa shape index (κ2) is 7.73. The molecule has 0 bridgehead atoms. The first-order valence-corrected chi connectivity index (χ1v) is 12.6. The zero-order chi connectivity index (χ0) is 23.4. The maximum Gasteiger partial charge on any atom is 0.410 e. The average Bonchev–Trinajstić information content (AvgIpc) is 3.08. The second-order valence-corrected chi connectivity index (χ2v) is 11.7. The van der Waals surface area contributed by atoms with Gasteiger partial charge in [0.1, 0.15) is 5.60 Å². The number of para-hydroxylation sites is 1. The summed E-state index contributed by atoms with van der Waals surface area (Å²) in [6.45, 7) is 7.84. The van der Waals surface area contributed by atoms with Gasteiger partial charge in [-0.05, 0) is 45.0 Å². The fourth-order valence-corrected chi connectivity index (χ4v) is 5.89. The van der Waals surface area contributed by atoms with Crippen molar-refractivity contribution in [2.75, 3.05) is 24.5 Å². The van der Waals surface area contributed by atoms with Crippen molar-refractivity contribution in [1.82, 2.24) is 9.88 Å². The number of pyridine rings is 1. The lowest BCUT2D eigenvalue weighted by Gasteiger charge is -2.43. The molecule has 172 valence electrons. The average molecular weight is 466 g/mol. The maximum atomic E-state index is 13.0. The fraction of sp³-hybridized carbons (Fsp3) is 0.360. The van der Waals surface area contributed by atoms with E-state index in [0.29, 0.717) is 19.0 Å². The van der Waals surface area contributed by atoms with E-state index < -0.39 is 15.4 Å². The molecule has 1 aromatic heterocycles. The molecule has 0 spiro atoms. The molecule has 3 aromatic rings. The lowest BCUT2D eigenvalue weighted by Crippen LogP contribution is -2.59. The normalized spacial score (nSPS) is 20.5. The first kappa shape index (κ1) is 21.7. The summed E-state index contributed by atoms with van der Waals surface area (Å²) in [5.74, 6) is 0.394. The molecule has 8 heteroatoms. The minimum absolute atomic E-state index is 0.118. The Morgan fingerprint density at radius 1 is 1.00 bits per heavy atom. The molecule has 2 saturated heterocycles. The van der Waals surface area contributed by atoms with Crippen molar-refractivity contribution in [3.63, 3.8) is 0 Å². The monoisotopic (exact) mass is 465 g/mol. The Morgan fingerprint density at radius 2 is 1.76 bits per heavy atom. The summed E-state index contributed by atoms with van der Waals surface area (Å²) in [7, 11) is -3.64. The number of hydrogen-bond donors (Lipinski definition) is 0. The third-order valence-electron chi connectivity index (χ3n) is 6.24. The number of carbonyl (C=O) groups excluding carboxylic acids is 1. The van der Waals surface area contributed by atoms with Gasteiger partial charge in [-0.2, -0.15) is 0 Å². The second-order valence-electron chi connectivity index (χ2n) is 9.70. The van der Waals surface area contributed by atoms with Crippen LogP contribution in [0.2, 0.25) is 0 Å². The quantitative estimate of drug-likeness (QED) is 0.579. The zero-order valence-corrected chi connectivity index (χ0v) is 19.7. The van der Waals surface area contributed by atoms with Crippen LogP contribution in [-0.4, -0.2) is 55.7 Å². The Balaban J connectivity index is 1.40. The van der Waals surface area contributed by atoms with Gasteiger partial charge in [0.2, 0.25) is 9.84 Å². The third-order valence-corrected chi connectivity index (χ3v) is 7.97. The van der Waals surface area contributed by atoms with Crippen molar-refractivity contribution in [3.8, 4) is 0 Å². The van der Waals surface area contributed by atoms with Crippen LogP contribution in [0, 0.1) is 5.92 Å². The SMILES string of the molecule is CC(C)(C)OC(=O)N1C[C@H]2CN(c3cccc4cc(S(=O)(=O)c5ccccc5)cnc34)C[C@H]21. The van der Waals surface area contributed by atoms with Gasteiger partial charge in [-0.25, -0.2) is 13.2 Å². The molecule has 2 fully saturated rings. The van der Waals surface area contributed by atoms with Gasteiger partial charge in [-0.3, -0.25) is 4.98 Å². The van der Waals surface area contributed by atoms with Gasteiger partial charge in [0, 0.05) is 37.1 Å². The molecule has 0 aliphatic carbocycles. The van der Waals surface area contributed by atoms with Crippen molar-refractivity contribution < 1.29 is 17.9 Å². The Morgan fingerprint density at radius 3 is 2.48 bits per heavy atom. The number of fused-ring (bicyclic) bond motifs is 2. The molecule has 0 radical (unpaired) electrons. The molecule has 7 nitrogen and oxygen atoms in total. The van der Waals surface area contributed by atoms with Gasteiger partial charge in [0.25, 0.3) is 0 Å². The number of aromatic nitrogens is 1. The van der Waals surface area contributed by atoms with Crippen LogP contribution in [-0.2, 0) is 14.6 Å². The highest BCUT2D eigenvalue weighted by atomic mass is 32.2. The van der Waals surface area contributed by atoms with E-state index in [2.05, 4.69) is 9.88 Å². The number of nitrogens with zero attached hydrogens (tertiary/aromatic N) is 3. The first-order valence-electron chi connectivity index (χ1n) is 11.1. The molecule has 3 heterocycles. The van der Waals surface area contributed by atoms with Crippen molar-refractivity contribution in [1.29, 1.82) is 0 Å². The van der Waals surface area contributed by atoms with Gasteiger partial charge in [-0.15, -0.1) is 0 Å². The number of sulfone groups is 1. The molecular formula is C25H27N3O4S. The summed E-state index contributed by atoms with van der Waals surface area (Å²) in [5.41, 5.74) is 1.20. The number of rotatable bonds is 3. The molecule has 2 aromatic carbocycles. The van der Waals surface area contributed by atoms with E-state index in [0.717, 1.165) is 23.1 Å². The van der Waals surface area contributed by atoms with Crippen LogP contribution >= 0.6 is 0 Å². The fourth-order valence-electron chi connectivity index (χ4n) is 4.63. The first-order chi connectivity index (χ1) is 15.6. The highest BCUT2D eigenvalue weighted by Gasteiger charge is 2.49. The van der Waals surface area contributed by atoms with Gasteiger partial charge < -0.3 is 14.5 Å². The van der Waals surface area contributed by atoms with Crippen molar-refractivity contribution >= 4 is 32.5 Å². The van der Waals surface area contributed by atoms with E-state index in [-0.39, 0.29) is 21.9 Å². The minimum atomic E-state index is -3.64. The number of hydrogen-bond acceptors (Lipinski definition) is 6. The van der Waals surface area contributed by atoms with Gasteiger partial charge >= 0.3 is 6.09 Å². The van der Waals surface area contributed by atoms with Crippen LogP contribution in [0.4, 0.5) is 10.5 Å². The van der Waals surface area contributed by atoms with E-state index in [1.54, 1.807) is 41.3 Å². The number of amides is 1. The van der Waals surface area contributed by atoms with Crippen LogP contribution in [0.3, 0.4) is 0 Å². The molecule has 0 unspecified atom stereocenters. The van der Waals surface area contributed by atoms with E-state index >= 15 is 0 Å². The molecule has 2 aliphatic rings. The molecule has 33 heavy (non-hydrogen) atoms. The van der Waals surface area contributed by atoms with Crippen LogP contribution in [0.5, 0.6) is 0 Å². The number of anilines is 1. The van der Waals surface area contributed by atoms with E-state index in [1.807, 2.05) is 39.0 Å². The van der Waals surface area contributed by atoms with Crippen molar-refractivity contribution in [3.05, 3.63) is 60.8 Å². The van der Waals surface area contributed by atoms with Crippen molar-refractivity contribution in [2.24, 2.45) is 5.92 Å². The predicted octanol–water partition coefficient (Wildman–Crippen LogP) is 4.12. The third kappa shape index (κ3) is 3.93. The summed E-state index contributed by atoms with van der Waals surface area (Å²) >= 11 is 0. The van der Waals surface area contributed by atoms with Gasteiger partial charge in [0.15, 0.2) is 0 Å². The summed E-state index contributed by atoms with van der Waals surface area (Å²) in [6.07, 6.45) is 1.17. The Bertz CT molecular complexity index is 1320. The molecule has 5 rings (SSSR count). The lowest BCUT2D eigenvalue weighted by molar-refractivity contribution is -0.0163. The Labute approximate surface area is 193 Å². The van der Waals surface area contributed by atoms with Gasteiger partial charge in [0.05, 0.1) is 27.0 Å². The van der Waals surface area contributed by atoms with Gasteiger partial charge in [-0.1, -0.05) is 30.3 Å². The predicted molar refractivity (Wildman–Crippen MR) is 126 cm³/mol. The Hall–Kier alpha value is -3.13. The van der Waals surface area contributed by atoms with Crippen molar-refractivity contribution in [2.45, 2.75) is 42.2 Å². The summed E-state index contributed by atoms with van der Waals surface area (Å²) in [4.78, 5) is 21.5. The number of benzene rings is 2. The number of likely N-dealkylation sites (tertiary alicyclic amines) is 1. The topological polar surface area (TPSA) is 79.8 Å². The Kier molecular flexibility index (Phi) is 5.08. The summed E-state index contributed by atoms with van der Waals surface area (Å²) < 4.78 is 31.6. The molecular weight excluding hydrogens is 438 g/mol. The largest absolute Gasteiger partial charge is 0.444 e. The highest BCUT2D eigenvalue weighted by Crippen LogP contribution is 2.38. The molecule has 0 N–H and O–H groups in total. The maximum absolute atomic E-state index is 13.0. The summed E-state index contributed by atoms with van der Waals surface area (Å²) in [6, 6.07) is 16.0.